The van der Waals surface area contributed by atoms with Gasteiger partial charge in [0, 0.05) is 24.7 Å². The van der Waals surface area contributed by atoms with Gasteiger partial charge in [-0.1, -0.05) is 31.5 Å². The number of hydrogen-bond acceptors (Lipinski definition) is 4. The van der Waals surface area contributed by atoms with Gasteiger partial charge >= 0.3 is 0 Å². The number of nitrogens with one attached hydrogen (secondary N) is 1. The maximum Gasteiger partial charge on any atom is 0.172 e. The second-order valence-electron chi connectivity index (χ2n) is 5.63. The molecule has 0 saturated carbocycles. The van der Waals surface area contributed by atoms with Crippen molar-refractivity contribution in [2.24, 2.45) is 0 Å². The molecule has 1 fully saturated rings. The number of carbonyl (C=O) groups excluding carboxylic acids is 1. The zero-order valence-corrected chi connectivity index (χ0v) is 13.4. The fourth-order valence-corrected chi connectivity index (χ4v) is 2.63. The van der Waals surface area contributed by atoms with Gasteiger partial charge in [-0.3, -0.25) is 4.79 Å². The first-order chi connectivity index (χ1) is 10.7. The number of allylic oxidation sites excluding steroid dienone is 1. The Kier molecular flexibility index (Phi) is 6.16. The Morgan fingerprint density at radius 2 is 2.05 bits per heavy atom. The van der Waals surface area contributed by atoms with Crippen molar-refractivity contribution in [1.29, 1.82) is 0 Å². The van der Waals surface area contributed by atoms with Gasteiger partial charge in [0.2, 0.25) is 0 Å². The largest absolute Gasteiger partial charge is 0.361 e. The lowest BCUT2D eigenvalue weighted by Gasteiger charge is -2.28. The lowest BCUT2D eigenvalue weighted by atomic mass is 9.98. The van der Waals surface area contributed by atoms with Gasteiger partial charge in [-0.2, -0.15) is 0 Å². The molecule has 2 rings (SSSR count). The van der Waals surface area contributed by atoms with Gasteiger partial charge in [-0.05, 0) is 31.1 Å². The third-order valence-corrected chi connectivity index (χ3v) is 3.76. The summed E-state index contributed by atoms with van der Waals surface area (Å²) in [6, 6.07) is 8.06. The minimum atomic E-state index is -0.502. The number of para-hydroxylation sites is 1. The van der Waals surface area contributed by atoms with Crippen LogP contribution >= 0.6 is 0 Å². The van der Waals surface area contributed by atoms with Crippen molar-refractivity contribution < 1.29 is 14.3 Å². The number of unbranched alkanes of at least 4 members (excludes halogenated alkanes) is 1. The van der Waals surface area contributed by atoms with Crippen molar-refractivity contribution in [1.82, 2.24) is 0 Å². The molecule has 1 aliphatic heterocycles. The third kappa shape index (κ3) is 4.68. The maximum absolute atomic E-state index is 11.0. The highest BCUT2D eigenvalue weighted by Crippen LogP contribution is 2.32. The summed E-state index contributed by atoms with van der Waals surface area (Å²) >= 11 is 0. The molecule has 0 bridgehead atoms. The average molecular weight is 303 g/mol. The lowest BCUT2D eigenvalue weighted by molar-refractivity contribution is -0.161. The first-order valence-electron chi connectivity index (χ1n) is 7.95. The van der Waals surface area contributed by atoms with Gasteiger partial charge in [0.05, 0.1) is 13.2 Å². The molecule has 1 heterocycles. The standard InChI is InChI=1S/C18H25NO3/c1-3-4-10-18(21-12-13-22-18)14-16-7-5-6-8-17(16)19-11-9-15(2)20/h5-9,11,19H,3-4,10,12-14H2,1-2H3/b11-9+. The molecule has 4 heteroatoms. The molecule has 0 aliphatic carbocycles. The van der Waals surface area contributed by atoms with Crippen LogP contribution in [0.4, 0.5) is 5.69 Å². The Morgan fingerprint density at radius 3 is 2.73 bits per heavy atom. The summed E-state index contributed by atoms with van der Waals surface area (Å²) in [6.07, 6.45) is 7.02. The maximum atomic E-state index is 11.0. The number of rotatable bonds is 8. The first-order valence-corrected chi connectivity index (χ1v) is 7.95. The average Bonchev–Trinajstić information content (AvgIpc) is 2.95. The monoisotopic (exact) mass is 303 g/mol. The SMILES string of the molecule is CCCCC1(Cc2ccccc2N/C=C/C(C)=O)OCCO1. The van der Waals surface area contributed by atoms with Crippen molar-refractivity contribution in [2.75, 3.05) is 18.5 Å². The molecule has 1 aromatic carbocycles. The van der Waals surface area contributed by atoms with Gasteiger partial charge in [-0.25, -0.2) is 0 Å². The molecule has 0 aromatic heterocycles. The number of anilines is 1. The van der Waals surface area contributed by atoms with Gasteiger partial charge in [0.15, 0.2) is 11.6 Å². The van der Waals surface area contributed by atoms with Crippen LogP contribution in [0, 0.1) is 0 Å². The van der Waals surface area contributed by atoms with E-state index in [1.807, 2.05) is 18.2 Å². The number of ketones is 1. The van der Waals surface area contributed by atoms with E-state index in [-0.39, 0.29) is 5.78 Å². The summed E-state index contributed by atoms with van der Waals surface area (Å²) in [5.74, 6) is -0.482. The van der Waals surface area contributed by atoms with E-state index in [0.29, 0.717) is 19.6 Å². The summed E-state index contributed by atoms with van der Waals surface area (Å²) in [4.78, 5) is 11.0. The highest BCUT2D eigenvalue weighted by atomic mass is 16.7. The lowest BCUT2D eigenvalue weighted by Crippen LogP contribution is -2.33. The van der Waals surface area contributed by atoms with Gasteiger partial charge in [0.25, 0.3) is 0 Å². The van der Waals surface area contributed by atoms with E-state index in [1.54, 1.807) is 6.20 Å². The summed E-state index contributed by atoms with van der Waals surface area (Å²) in [7, 11) is 0. The van der Waals surface area contributed by atoms with E-state index < -0.39 is 5.79 Å². The van der Waals surface area contributed by atoms with Crippen LogP contribution in [0.1, 0.15) is 38.7 Å². The Labute approximate surface area is 132 Å². The van der Waals surface area contributed by atoms with E-state index >= 15 is 0 Å². The fourth-order valence-electron chi connectivity index (χ4n) is 2.63. The third-order valence-electron chi connectivity index (χ3n) is 3.76. The van der Waals surface area contributed by atoms with Crippen LogP contribution in [0.2, 0.25) is 0 Å². The molecular formula is C18H25NO3. The molecule has 0 spiro atoms. The van der Waals surface area contributed by atoms with Gasteiger partial charge in [0.1, 0.15) is 0 Å². The van der Waals surface area contributed by atoms with Crippen LogP contribution in [0.25, 0.3) is 0 Å². The fraction of sp³-hybridized carbons (Fsp3) is 0.500. The summed E-state index contributed by atoms with van der Waals surface area (Å²) in [5.41, 5.74) is 2.11. The Balaban J connectivity index is 2.11. The number of hydrogen-bond donors (Lipinski definition) is 1. The smallest absolute Gasteiger partial charge is 0.172 e. The second-order valence-corrected chi connectivity index (χ2v) is 5.63. The molecule has 0 amide bonds. The molecule has 0 radical (unpaired) electrons. The molecule has 120 valence electrons. The van der Waals surface area contributed by atoms with Crippen LogP contribution in [-0.2, 0) is 20.7 Å². The number of benzene rings is 1. The van der Waals surface area contributed by atoms with E-state index in [1.165, 1.54) is 13.0 Å². The molecule has 0 atom stereocenters. The van der Waals surface area contributed by atoms with Crippen LogP contribution in [-0.4, -0.2) is 24.8 Å². The van der Waals surface area contributed by atoms with Crippen LogP contribution < -0.4 is 5.32 Å². The van der Waals surface area contributed by atoms with Gasteiger partial charge in [-0.15, -0.1) is 0 Å². The number of ether oxygens (including phenoxy) is 2. The topological polar surface area (TPSA) is 47.6 Å². The zero-order chi connectivity index (χ0) is 15.8. The summed E-state index contributed by atoms with van der Waals surface area (Å²) in [6.45, 7) is 5.02. The van der Waals surface area contributed by atoms with Crippen molar-refractivity contribution >= 4 is 11.5 Å². The summed E-state index contributed by atoms with van der Waals surface area (Å²) < 4.78 is 11.8. The Bertz CT molecular complexity index is 519. The molecule has 1 N–H and O–H groups in total. The highest BCUT2D eigenvalue weighted by Gasteiger charge is 2.36. The van der Waals surface area contributed by atoms with E-state index in [4.69, 9.17) is 9.47 Å². The summed E-state index contributed by atoms with van der Waals surface area (Å²) in [5, 5.41) is 3.18. The minimum absolute atomic E-state index is 0.0202. The second kappa shape index (κ2) is 8.11. The van der Waals surface area contributed by atoms with E-state index in [0.717, 1.165) is 30.5 Å². The van der Waals surface area contributed by atoms with E-state index in [2.05, 4.69) is 18.3 Å². The Morgan fingerprint density at radius 1 is 1.32 bits per heavy atom. The van der Waals surface area contributed by atoms with Crippen LogP contribution in [0.5, 0.6) is 0 Å². The highest BCUT2D eigenvalue weighted by molar-refractivity contribution is 5.87. The minimum Gasteiger partial charge on any atom is -0.361 e. The molecule has 0 unspecified atom stereocenters. The van der Waals surface area contributed by atoms with E-state index in [9.17, 15) is 4.79 Å². The first kappa shape index (κ1) is 16.7. The predicted octanol–water partition coefficient (Wildman–Crippen LogP) is 3.68. The molecular weight excluding hydrogens is 278 g/mol. The predicted molar refractivity (Wildman–Crippen MR) is 87.7 cm³/mol. The quantitative estimate of drug-likeness (QED) is 0.744. The molecule has 1 aromatic rings. The Hall–Kier alpha value is -1.65. The van der Waals surface area contributed by atoms with Crippen molar-refractivity contribution in [3.63, 3.8) is 0 Å². The number of carbonyl (C=O) groups is 1. The molecule has 4 nitrogen and oxygen atoms in total. The zero-order valence-electron chi connectivity index (χ0n) is 13.4. The van der Waals surface area contributed by atoms with Gasteiger partial charge < -0.3 is 14.8 Å². The van der Waals surface area contributed by atoms with Crippen molar-refractivity contribution in [3.8, 4) is 0 Å². The van der Waals surface area contributed by atoms with Crippen LogP contribution in [0.3, 0.4) is 0 Å². The molecule has 1 aliphatic rings. The van der Waals surface area contributed by atoms with Crippen molar-refractivity contribution in [2.45, 2.75) is 45.3 Å². The molecule has 1 saturated heterocycles. The normalized spacial score (nSPS) is 17.0. The van der Waals surface area contributed by atoms with Crippen LogP contribution in [0.15, 0.2) is 36.5 Å². The molecule has 22 heavy (non-hydrogen) atoms. The van der Waals surface area contributed by atoms with Crippen molar-refractivity contribution in [3.05, 3.63) is 42.1 Å².